The van der Waals surface area contributed by atoms with Crippen LogP contribution in [0, 0.1) is 5.41 Å². The number of methoxy groups -OCH3 is 1. The molecular weight excluding hydrogens is 272 g/mol. The van der Waals surface area contributed by atoms with E-state index in [1.54, 1.807) is 0 Å². The first kappa shape index (κ1) is 18.3. The molecule has 114 valence electrons. The zero-order valence-corrected chi connectivity index (χ0v) is 12.8. The smallest absolute Gasteiger partial charge is 0.306 e. The summed E-state index contributed by atoms with van der Waals surface area (Å²) in [5.74, 6) is -0.456. The van der Waals surface area contributed by atoms with E-state index in [0.29, 0.717) is 6.42 Å². The number of ether oxygens (including phenoxy) is 1. The Bertz CT molecular complexity index is 381. The minimum absolute atomic E-state index is 0.00685. The molecule has 0 amide bonds. The van der Waals surface area contributed by atoms with Crippen LogP contribution in [0.2, 0.25) is 0 Å². The van der Waals surface area contributed by atoms with Crippen molar-refractivity contribution in [3.8, 4) is 0 Å². The first-order valence-corrected chi connectivity index (χ1v) is 7.47. The van der Waals surface area contributed by atoms with Gasteiger partial charge < -0.3 is 9.84 Å². The Kier molecular flexibility index (Phi) is 7.50. The summed E-state index contributed by atoms with van der Waals surface area (Å²) in [5, 5.41) is 8.87. The molecule has 0 bridgehead atoms. The van der Waals surface area contributed by atoms with Crippen molar-refractivity contribution < 1.29 is 23.1 Å². The molecule has 0 atom stereocenters. The molecule has 0 heterocycles. The van der Waals surface area contributed by atoms with Gasteiger partial charge in [0.25, 0.3) is 10.2 Å². The molecule has 0 unspecified atom stereocenters. The minimum atomic E-state index is -3.62. The summed E-state index contributed by atoms with van der Waals surface area (Å²) in [4.78, 5) is 11.0. The van der Waals surface area contributed by atoms with Crippen molar-refractivity contribution >= 4 is 16.2 Å². The van der Waals surface area contributed by atoms with Crippen molar-refractivity contribution in [2.45, 2.75) is 26.7 Å². The van der Waals surface area contributed by atoms with Gasteiger partial charge >= 0.3 is 5.97 Å². The molecule has 0 rings (SSSR count). The average Bonchev–Trinajstić information content (AvgIpc) is 2.33. The topological polar surface area (TPSA) is 95.9 Å². The molecule has 7 nitrogen and oxygen atoms in total. The van der Waals surface area contributed by atoms with Gasteiger partial charge in [0, 0.05) is 26.7 Å². The number of aliphatic hydroxyl groups is 1. The number of aliphatic hydroxyl groups excluding tert-OH is 1. The van der Waals surface area contributed by atoms with Crippen LogP contribution in [0.5, 0.6) is 0 Å². The maximum Gasteiger partial charge on any atom is 0.306 e. The maximum atomic E-state index is 11.9. The summed E-state index contributed by atoms with van der Waals surface area (Å²) in [6.45, 7) is 4.01. The van der Waals surface area contributed by atoms with Gasteiger partial charge in [0.1, 0.15) is 0 Å². The summed E-state index contributed by atoms with van der Waals surface area (Å²) in [5.41, 5.74) is -0.328. The second-order valence-electron chi connectivity index (χ2n) is 5.11. The summed E-state index contributed by atoms with van der Waals surface area (Å²) >= 11 is 0. The van der Waals surface area contributed by atoms with E-state index in [4.69, 9.17) is 5.11 Å². The fourth-order valence-electron chi connectivity index (χ4n) is 1.26. The molecule has 0 spiro atoms. The summed E-state index contributed by atoms with van der Waals surface area (Å²) in [7, 11) is -0.972. The molecule has 0 aliphatic carbocycles. The molecule has 0 saturated heterocycles. The number of esters is 1. The lowest BCUT2D eigenvalue weighted by Gasteiger charge is -2.25. The number of carbonyl (C=O) groups excluding carboxylic acids is 1. The van der Waals surface area contributed by atoms with Crippen molar-refractivity contribution in [2.24, 2.45) is 5.41 Å². The number of nitrogens with zero attached hydrogens (tertiary/aromatic N) is 1. The van der Waals surface area contributed by atoms with Crippen LogP contribution < -0.4 is 4.72 Å². The van der Waals surface area contributed by atoms with E-state index in [9.17, 15) is 13.2 Å². The number of carbonyl (C=O) groups is 1. The first-order chi connectivity index (χ1) is 8.64. The Morgan fingerprint density at radius 2 is 2.00 bits per heavy atom. The van der Waals surface area contributed by atoms with Gasteiger partial charge in [-0.2, -0.15) is 12.7 Å². The van der Waals surface area contributed by atoms with Crippen LogP contribution >= 0.6 is 0 Å². The van der Waals surface area contributed by atoms with E-state index in [0.717, 1.165) is 4.31 Å². The number of hydrogen-bond donors (Lipinski definition) is 2. The molecule has 0 fully saturated rings. The molecule has 0 aliphatic heterocycles. The second-order valence-corrected chi connectivity index (χ2v) is 6.97. The van der Waals surface area contributed by atoms with Crippen LogP contribution in [0.1, 0.15) is 26.7 Å². The molecule has 0 aromatic heterocycles. The highest BCUT2D eigenvalue weighted by Crippen LogP contribution is 2.18. The zero-order valence-electron chi connectivity index (χ0n) is 12.0. The Hall–Kier alpha value is -0.700. The summed E-state index contributed by atoms with van der Waals surface area (Å²) in [6, 6.07) is 0. The quantitative estimate of drug-likeness (QED) is 0.571. The van der Waals surface area contributed by atoms with Crippen molar-refractivity contribution in [3.63, 3.8) is 0 Å². The number of nitrogens with one attached hydrogen (secondary N) is 1. The largest absolute Gasteiger partial charge is 0.469 e. The second kappa shape index (κ2) is 7.78. The number of hydrogen-bond acceptors (Lipinski definition) is 5. The molecule has 2 N–H and O–H groups in total. The zero-order chi connectivity index (χ0) is 15.1. The molecule has 0 aromatic carbocycles. The van der Waals surface area contributed by atoms with Gasteiger partial charge in [-0.05, 0) is 11.8 Å². The van der Waals surface area contributed by atoms with Crippen LogP contribution in [0.15, 0.2) is 0 Å². The monoisotopic (exact) mass is 296 g/mol. The Morgan fingerprint density at radius 1 is 1.42 bits per heavy atom. The van der Waals surface area contributed by atoms with Crippen molar-refractivity contribution in [1.29, 1.82) is 0 Å². The molecule has 8 heteroatoms. The fraction of sp³-hybridized carbons (Fsp3) is 0.909. The van der Waals surface area contributed by atoms with E-state index in [1.807, 2.05) is 13.8 Å². The van der Waals surface area contributed by atoms with Crippen LogP contribution in [0.4, 0.5) is 0 Å². The third-order valence-electron chi connectivity index (χ3n) is 2.79. The third-order valence-corrected chi connectivity index (χ3v) is 4.30. The lowest BCUT2D eigenvalue weighted by Crippen LogP contribution is -2.43. The lowest BCUT2D eigenvalue weighted by atomic mass is 9.90. The molecule has 19 heavy (non-hydrogen) atoms. The molecule has 0 saturated carbocycles. The normalized spacial score (nSPS) is 12.7. The first-order valence-electron chi connectivity index (χ1n) is 6.03. The number of rotatable bonds is 9. The van der Waals surface area contributed by atoms with Crippen molar-refractivity contribution in [1.82, 2.24) is 9.03 Å². The van der Waals surface area contributed by atoms with E-state index in [1.165, 1.54) is 14.2 Å². The molecule has 0 aromatic rings. The van der Waals surface area contributed by atoms with E-state index in [-0.39, 0.29) is 31.5 Å². The maximum absolute atomic E-state index is 11.9. The SMILES string of the molecule is COC(=O)CCN(C)S(=O)(=O)NCC(C)(C)CCO. The van der Waals surface area contributed by atoms with Crippen LogP contribution in [-0.2, 0) is 19.7 Å². The Labute approximate surface area is 115 Å². The van der Waals surface area contributed by atoms with Crippen LogP contribution in [0.25, 0.3) is 0 Å². The fourth-order valence-corrected chi connectivity index (χ4v) is 2.38. The Morgan fingerprint density at radius 3 is 2.47 bits per heavy atom. The van der Waals surface area contributed by atoms with Gasteiger partial charge in [0.05, 0.1) is 13.5 Å². The highest BCUT2D eigenvalue weighted by Gasteiger charge is 2.23. The van der Waals surface area contributed by atoms with Gasteiger partial charge in [-0.15, -0.1) is 0 Å². The molecule has 0 radical (unpaired) electrons. The molecule has 0 aliphatic rings. The summed E-state index contributed by atoms with van der Waals surface area (Å²) < 4.78 is 31.7. The van der Waals surface area contributed by atoms with Gasteiger partial charge in [0.15, 0.2) is 0 Å². The van der Waals surface area contributed by atoms with Crippen LogP contribution in [0.3, 0.4) is 0 Å². The Balaban J connectivity index is 4.34. The van der Waals surface area contributed by atoms with Crippen LogP contribution in [-0.4, -0.2) is 57.7 Å². The highest BCUT2D eigenvalue weighted by atomic mass is 32.2. The molecular formula is C11H24N2O5S. The van der Waals surface area contributed by atoms with Gasteiger partial charge in [-0.25, -0.2) is 4.72 Å². The van der Waals surface area contributed by atoms with Crippen molar-refractivity contribution in [2.75, 3.05) is 33.9 Å². The predicted octanol–water partition coefficient (Wildman–Crippen LogP) is -0.276. The van der Waals surface area contributed by atoms with Gasteiger partial charge in [-0.3, -0.25) is 4.79 Å². The summed E-state index contributed by atoms with van der Waals surface area (Å²) in [6.07, 6.45) is 0.509. The van der Waals surface area contributed by atoms with Crippen molar-refractivity contribution in [3.05, 3.63) is 0 Å². The van der Waals surface area contributed by atoms with E-state index in [2.05, 4.69) is 9.46 Å². The van der Waals surface area contributed by atoms with E-state index >= 15 is 0 Å². The van der Waals surface area contributed by atoms with Gasteiger partial charge in [-0.1, -0.05) is 13.8 Å². The lowest BCUT2D eigenvalue weighted by molar-refractivity contribution is -0.140. The third kappa shape index (κ3) is 7.46. The van der Waals surface area contributed by atoms with Gasteiger partial charge in [0.2, 0.25) is 0 Å². The van der Waals surface area contributed by atoms with E-state index < -0.39 is 16.2 Å². The minimum Gasteiger partial charge on any atom is -0.469 e. The predicted molar refractivity (Wildman–Crippen MR) is 71.7 cm³/mol. The average molecular weight is 296 g/mol. The standard InChI is InChI=1S/C11H24N2O5S/c1-11(2,6-8-14)9-12-19(16,17)13(3)7-5-10(15)18-4/h12,14H,5-9H2,1-4H3. The highest BCUT2D eigenvalue weighted by molar-refractivity contribution is 7.87.